The van der Waals surface area contributed by atoms with E-state index in [2.05, 4.69) is 18.3 Å². The van der Waals surface area contributed by atoms with Crippen LogP contribution in [-0.2, 0) is 18.4 Å². The van der Waals surface area contributed by atoms with Gasteiger partial charge in [-0.05, 0) is 25.7 Å². The predicted molar refractivity (Wildman–Crippen MR) is 169 cm³/mol. The van der Waals surface area contributed by atoms with Crippen LogP contribution < -0.4 is 5.32 Å². The molecule has 13 nitrogen and oxygen atoms in total. The zero-order valence-electron chi connectivity index (χ0n) is 26.8. The predicted octanol–water partition coefficient (Wildman–Crippen LogP) is 2.13. The molecule has 14 heteroatoms. The number of aliphatic hydroxyl groups excluding tert-OH is 7. The number of allylic oxidation sites excluding steroid dienone is 3. The quantitative estimate of drug-likeness (QED) is 0.0410. The molecular formula is C31H58NO12P. The fourth-order valence-corrected chi connectivity index (χ4v) is 5.97. The van der Waals surface area contributed by atoms with Gasteiger partial charge < -0.3 is 46.0 Å². The Bertz CT molecular complexity index is 890. The molecule has 0 saturated heterocycles. The molecule has 0 radical (unpaired) electrons. The molecule has 0 aromatic heterocycles. The van der Waals surface area contributed by atoms with Gasteiger partial charge in [-0.2, -0.15) is 0 Å². The zero-order valence-corrected chi connectivity index (χ0v) is 27.7. The number of unbranched alkanes of at least 4 members (excludes halogenated alkanes) is 9. The van der Waals surface area contributed by atoms with E-state index in [9.17, 15) is 50.0 Å². The average Bonchev–Trinajstić information content (AvgIpc) is 3.00. The minimum absolute atomic E-state index is 0.245. The molecule has 8 atom stereocenters. The number of carbonyl (C=O) groups excluding carboxylic acids is 1. The molecule has 1 amide bonds. The highest BCUT2D eigenvalue weighted by Crippen LogP contribution is 2.47. The highest BCUT2D eigenvalue weighted by molar-refractivity contribution is 7.47. The second-order valence-electron chi connectivity index (χ2n) is 11.8. The van der Waals surface area contributed by atoms with Crippen LogP contribution in [0.5, 0.6) is 0 Å². The molecule has 0 spiro atoms. The molecular weight excluding hydrogens is 609 g/mol. The maximum atomic E-state index is 12.7. The minimum atomic E-state index is -5.10. The molecule has 0 bridgehead atoms. The van der Waals surface area contributed by atoms with E-state index in [0.29, 0.717) is 12.8 Å². The fourth-order valence-electron chi connectivity index (χ4n) is 5.01. The molecule has 1 fully saturated rings. The number of nitrogens with one attached hydrogen (secondary N) is 1. The van der Waals surface area contributed by atoms with Crippen LogP contribution in [0, 0.1) is 0 Å². The van der Waals surface area contributed by atoms with E-state index in [-0.39, 0.29) is 12.8 Å². The highest BCUT2D eigenvalue weighted by atomic mass is 31.2. The summed E-state index contributed by atoms with van der Waals surface area (Å²) in [5.74, 6) is -0.640. The average molecular weight is 668 g/mol. The van der Waals surface area contributed by atoms with Gasteiger partial charge >= 0.3 is 7.82 Å². The Hall–Kier alpha value is -1.22. The largest absolute Gasteiger partial charge is 0.472 e. The van der Waals surface area contributed by atoms with Crippen molar-refractivity contribution in [3.05, 3.63) is 24.3 Å². The third-order valence-electron chi connectivity index (χ3n) is 7.83. The number of hydrogen-bond donors (Lipinski definition) is 9. The summed E-state index contributed by atoms with van der Waals surface area (Å²) in [5, 5.41) is 73.2. The molecule has 9 N–H and O–H groups in total. The van der Waals surface area contributed by atoms with Crippen molar-refractivity contribution in [2.75, 3.05) is 6.61 Å². The van der Waals surface area contributed by atoms with Crippen molar-refractivity contribution in [3.8, 4) is 0 Å². The molecule has 45 heavy (non-hydrogen) atoms. The summed E-state index contributed by atoms with van der Waals surface area (Å²) in [5.41, 5.74) is 0. The summed E-state index contributed by atoms with van der Waals surface area (Å²) in [4.78, 5) is 22.9. The summed E-state index contributed by atoms with van der Waals surface area (Å²) in [6, 6.07) is -1.18. The van der Waals surface area contributed by atoms with E-state index in [1.807, 2.05) is 13.0 Å². The van der Waals surface area contributed by atoms with Crippen molar-refractivity contribution in [2.45, 2.75) is 159 Å². The van der Waals surface area contributed by atoms with E-state index >= 15 is 0 Å². The van der Waals surface area contributed by atoms with E-state index < -0.39 is 75.2 Å². The zero-order chi connectivity index (χ0) is 33.8. The SMILES string of the molecule is CCCCCCCC/C=C\C/C=C\C(O)CC(=O)NC(COP(=O)(O)OC1C(O)C(O)C(O)C(O)C1O)C(O)CCCCCC. The summed E-state index contributed by atoms with van der Waals surface area (Å²) in [7, 11) is -5.10. The summed E-state index contributed by atoms with van der Waals surface area (Å²) < 4.78 is 22.4. The molecule has 8 unspecified atom stereocenters. The molecule has 1 aliphatic rings. The van der Waals surface area contributed by atoms with Crippen LogP contribution >= 0.6 is 7.82 Å². The van der Waals surface area contributed by atoms with Gasteiger partial charge in [0.05, 0.1) is 31.3 Å². The number of phosphoric acid groups is 1. The van der Waals surface area contributed by atoms with Gasteiger partial charge in [-0.1, -0.05) is 95.9 Å². The van der Waals surface area contributed by atoms with Crippen molar-refractivity contribution in [1.29, 1.82) is 0 Å². The van der Waals surface area contributed by atoms with E-state index in [1.54, 1.807) is 6.08 Å². The second-order valence-corrected chi connectivity index (χ2v) is 13.2. The standard InChI is InChI=1S/C31H58NO12P/c1-3-5-7-9-10-11-12-13-14-15-16-18-22(33)20-25(35)32-23(24(34)19-17-8-6-4-2)21-43-45(41,42)44-31-29(39)27(37)26(36)28(38)30(31)40/h13-14,16,18,22-24,26-31,33-34,36-40H,3-12,15,17,19-21H2,1-2H3,(H,32,35)(H,41,42)/b14-13-,18-16-. The Morgan fingerprint density at radius 2 is 1.36 bits per heavy atom. The van der Waals surface area contributed by atoms with Crippen LogP contribution in [0.3, 0.4) is 0 Å². The van der Waals surface area contributed by atoms with E-state index in [4.69, 9.17) is 9.05 Å². The Morgan fingerprint density at radius 1 is 0.800 bits per heavy atom. The normalized spacial score (nSPS) is 27.4. The Labute approximate surface area is 267 Å². The number of hydrogen-bond acceptors (Lipinski definition) is 11. The first-order valence-electron chi connectivity index (χ1n) is 16.4. The van der Waals surface area contributed by atoms with E-state index in [1.165, 1.54) is 38.2 Å². The van der Waals surface area contributed by atoms with Gasteiger partial charge in [0.25, 0.3) is 0 Å². The third kappa shape index (κ3) is 17.0. The van der Waals surface area contributed by atoms with Crippen molar-refractivity contribution in [3.63, 3.8) is 0 Å². The van der Waals surface area contributed by atoms with E-state index in [0.717, 1.165) is 32.1 Å². The molecule has 0 heterocycles. The highest BCUT2D eigenvalue weighted by Gasteiger charge is 2.51. The maximum absolute atomic E-state index is 12.7. The topological polar surface area (TPSA) is 226 Å². The molecule has 1 saturated carbocycles. The lowest BCUT2D eigenvalue weighted by atomic mass is 9.85. The smallest absolute Gasteiger partial charge is 0.391 e. The molecule has 0 aromatic rings. The van der Waals surface area contributed by atoms with Gasteiger partial charge in [-0.3, -0.25) is 13.8 Å². The van der Waals surface area contributed by atoms with Gasteiger partial charge in [0.1, 0.15) is 36.6 Å². The van der Waals surface area contributed by atoms with Crippen LogP contribution in [0.4, 0.5) is 0 Å². The van der Waals surface area contributed by atoms with Crippen LogP contribution in [0.2, 0.25) is 0 Å². The first kappa shape index (κ1) is 41.8. The first-order valence-corrected chi connectivity index (χ1v) is 17.9. The van der Waals surface area contributed by atoms with Crippen LogP contribution in [0.25, 0.3) is 0 Å². The van der Waals surface area contributed by atoms with Crippen LogP contribution in [0.15, 0.2) is 24.3 Å². The van der Waals surface area contributed by atoms with Gasteiger partial charge in [-0.25, -0.2) is 4.57 Å². The van der Waals surface area contributed by atoms with Crippen molar-refractivity contribution >= 4 is 13.7 Å². The lowest BCUT2D eigenvalue weighted by molar-refractivity contribution is -0.220. The monoisotopic (exact) mass is 667 g/mol. The molecule has 0 aliphatic heterocycles. The number of phosphoric ester groups is 1. The maximum Gasteiger partial charge on any atom is 0.472 e. The van der Waals surface area contributed by atoms with Gasteiger partial charge in [0.15, 0.2) is 0 Å². The van der Waals surface area contributed by atoms with Crippen molar-refractivity contribution < 1.29 is 59.0 Å². The van der Waals surface area contributed by atoms with Crippen molar-refractivity contribution in [2.24, 2.45) is 0 Å². The first-order chi connectivity index (χ1) is 21.3. The number of aliphatic hydroxyl groups is 7. The molecule has 264 valence electrons. The lowest BCUT2D eigenvalue weighted by Gasteiger charge is -2.41. The molecule has 1 aliphatic carbocycles. The number of carbonyl (C=O) groups is 1. The summed E-state index contributed by atoms with van der Waals surface area (Å²) >= 11 is 0. The van der Waals surface area contributed by atoms with Gasteiger partial charge in [0, 0.05) is 0 Å². The Morgan fingerprint density at radius 3 is 1.98 bits per heavy atom. The third-order valence-corrected chi connectivity index (χ3v) is 8.81. The summed E-state index contributed by atoms with van der Waals surface area (Å²) in [6.07, 6.45) is 5.35. The summed E-state index contributed by atoms with van der Waals surface area (Å²) in [6.45, 7) is 3.51. The van der Waals surface area contributed by atoms with Crippen LogP contribution in [-0.4, -0.2) is 108 Å². The number of amides is 1. The Balaban J connectivity index is 2.67. The second kappa shape index (κ2) is 23.2. The lowest BCUT2D eigenvalue weighted by Crippen LogP contribution is -2.64. The van der Waals surface area contributed by atoms with Crippen LogP contribution in [0.1, 0.15) is 104 Å². The fraction of sp³-hybridized carbons (Fsp3) is 0.839. The van der Waals surface area contributed by atoms with Gasteiger partial charge in [-0.15, -0.1) is 0 Å². The molecule has 1 rings (SSSR count). The minimum Gasteiger partial charge on any atom is -0.391 e. The molecule has 0 aromatic carbocycles. The Kier molecular flexibility index (Phi) is 21.5. The number of rotatable bonds is 24. The van der Waals surface area contributed by atoms with Gasteiger partial charge in [0.2, 0.25) is 5.91 Å². The van der Waals surface area contributed by atoms with Crippen molar-refractivity contribution in [1.82, 2.24) is 5.32 Å².